The summed E-state index contributed by atoms with van der Waals surface area (Å²) < 4.78 is 22.2. The molecule has 0 radical (unpaired) electrons. The number of methoxy groups -OCH3 is 2. The molecule has 0 saturated carbocycles. The minimum absolute atomic E-state index is 0. The molecule has 1 aromatic carbocycles. The van der Waals surface area contributed by atoms with E-state index in [2.05, 4.69) is 26.2 Å². The van der Waals surface area contributed by atoms with E-state index in [9.17, 15) is 0 Å². The topological polar surface area (TPSA) is 67.8 Å². The Bertz CT molecular complexity index is 693. The van der Waals surface area contributed by atoms with Crippen molar-refractivity contribution >= 4 is 29.9 Å². The highest BCUT2D eigenvalue weighted by Gasteiger charge is 2.21. The molecule has 2 aliphatic rings. The number of halogens is 1. The summed E-state index contributed by atoms with van der Waals surface area (Å²) >= 11 is 0. The van der Waals surface area contributed by atoms with Crippen LogP contribution in [0.2, 0.25) is 0 Å². The SMILES string of the molecule is CN=C(NCCCOC1CCOCC1)N1CCN(Cc2cc(OC)ccc2OC)CC1.I. The van der Waals surface area contributed by atoms with Gasteiger partial charge in [-0.3, -0.25) is 9.89 Å². The summed E-state index contributed by atoms with van der Waals surface area (Å²) in [6.45, 7) is 8.01. The van der Waals surface area contributed by atoms with Gasteiger partial charge in [0.05, 0.1) is 20.3 Å². The molecule has 0 atom stereocenters. The van der Waals surface area contributed by atoms with Gasteiger partial charge in [0.25, 0.3) is 0 Å². The minimum Gasteiger partial charge on any atom is -0.497 e. The number of nitrogens with one attached hydrogen (secondary N) is 1. The zero-order chi connectivity index (χ0) is 21.9. The second kappa shape index (κ2) is 14.8. The summed E-state index contributed by atoms with van der Waals surface area (Å²) in [5.74, 6) is 2.74. The largest absolute Gasteiger partial charge is 0.497 e. The van der Waals surface area contributed by atoms with Crippen molar-refractivity contribution in [2.75, 3.05) is 73.8 Å². The van der Waals surface area contributed by atoms with Crippen LogP contribution in [0.15, 0.2) is 23.2 Å². The summed E-state index contributed by atoms with van der Waals surface area (Å²) in [6, 6.07) is 5.97. The Morgan fingerprint density at radius 1 is 1.12 bits per heavy atom. The van der Waals surface area contributed by atoms with Crippen LogP contribution in [-0.2, 0) is 16.0 Å². The number of rotatable bonds is 9. The van der Waals surface area contributed by atoms with Crippen LogP contribution in [-0.4, -0.2) is 95.7 Å². The lowest BCUT2D eigenvalue weighted by molar-refractivity contribution is -0.0320. The van der Waals surface area contributed by atoms with Gasteiger partial charge >= 0.3 is 0 Å². The first-order chi connectivity index (χ1) is 15.2. The Kier molecular flexibility index (Phi) is 12.4. The minimum atomic E-state index is 0. The molecule has 2 aliphatic heterocycles. The van der Waals surface area contributed by atoms with Gasteiger partial charge in [0.15, 0.2) is 5.96 Å². The summed E-state index contributed by atoms with van der Waals surface area (Å²) in [4.78, 5) is 9.26. The van der Waals surface area contributed by atoms with Crippen molar-refractivity contribution < 1.29 is 18.9 Å². The predicted octanol–water partition coefficient (Wildman–Crippen LogP) is 2.60. The van der Waals surface area contributed by atoms with E-state index in [0.29, 0.717) is 6.10 Å². The average Bonchev–Trinajstić information content (AvgIpc) is 2.82. The van der Waals surface area contributed by atoms with Crippen LogP contribution in [0, 0.1) is 0 Å². The molecule has 8 nitrogen and oxygen atoms in total. The van der Waals surface area contributed by atoms with E-state index in [0.717, 1.165) is 101 Å². The van der Waals surface area contributed by atoms with Crippen molar-refractivity contribution in [2.24, 2.45) is 4.99 Å². The third kappa shape index (κ3) is 8.24. The van der Waals surface area contributed by atoms with E-state index in [1.165, 1.54) is 0 Å². The molecule has 1 N–H and O–H groups in total. The second-order valence-electron chi connectivity index (χ2n) is 7.95. The van der Waals surface area contributed by atoms with Gasteiger partial charge in [-0.2, -0.15) is 0 Å². The lowest BCUT2D eigenvalue weighted by Gasteiger charge is -2.36. The normalized spacial score (nSPS) is 18.2. The quantitative estimate of drug-likeness (QED) is 0.215. The van der Waals surface area contributed by atoms with Gasteiger partial charge in [-0.05, 0) is 37.5 Å². The number of piperazine rings is 1. The van der Waals surface area contributed by atoms with Crippen LogP contribution in [0.3, 0.4) is 0 Å². The molecular weight excluding hydrogens is 523 g/mol. The van der Waals surface area contributed by atoms with Crippen molar-refractivity contribution in [3.8, 4) is 11.5 Å². The number of hydrogen-bond acceptors (Lipinski definition) is 6. The Balaban J connectivity index is 0.00000363. The van der Waals surface area contributed by atoms with Gasteiger partial charge < -0.3 is 29.2 Å². The zero-order valence-electron chi connectivity index (χ0n) is 19.7. The summed E-state index contributed by atoms with van der Waals surface area (Å²) in [5, 5.41) is 3.49. The molecule has 2 saturated heterocycles. The Labute approximate surface area is 209 Å². The Hall–Kier alpha value is -1.30. The number of benzene rings is 1. The van der Waals surface area contributed by atoms with Gasteiger partial charge in [-0.15, -0.1) is 24.0 Å². The van der Waals surface area contributed by atoms with E-state index >= 15 is 0 Å². The van der Waals surface area contributed by atoms with E-state index in [1.54, 1.807) is 14.2 Å². The Morgan fingerprint density at radius 3 is 2.53 bits per heavy atom. The fourth-order valence-electron chi connectivity index (χ4n) is 4.06. The van der Waals surface area contributed by atoms with Crippen LogP contribution >= 0.6 is 24.0 Å². The van der Waals surface area contributed by atoms with Crippen LogP contribution in [0.4, 0.5) is 0 Å². The first kappa shape index (κ1) is 26.9. The number of ether oxygens (including phenoxy) is 4. The summed E-state index contributed by atoms with van der Waals surface area (Å²) in [5.41, 5.74) is 1.15. The summed E-state index contributed by atoms with van der Waals surface area (Å²) in [7, 11) is 5.27. The molecule has 0 aromatic heterocycles. The molecule has 9 heteroatoms. The first-order valence-corrected chi connectivity index (χ1v) is 11.3. The zero-order valence-corrected chi connectivity index (χ0v) is 22.0. The molecular formula is C23H39IN4O4. The third-order valence-corrected chi connectivity index (χ3v) is 5.89. The van der Waals surface area contributed by atoms with E-state index in [1.807, 2.05) is 19.2 Å². The average molecular weight is 562 g/mol. The number of nitrogens with zero attached hydrogens (tertiary/aromatic N) is 3. The van der Waals surface area contributed by atoms with Gasteiger partial charge in [-0.1, -0.05) is 0 Å². The van der Waals surface area contributed by atoms with Crippen molar-refractivity contribution in [3.63, 3.8) is 0 Å². The molecule has 0 aliphatic carbocycles. The molecule has 0 spiro atoms. The number of aliphatic imine (C=N–C) groups is 1. The summed E-state index contributed by atoms with van der Waals surface area (Å²) in [6.07, 6.45) is 3.37. The highest BCUT2D eigenvalue weighted by atomic mass is 127. The molecule has 2 fully saturated rings. The maximum absolute atomic E-state index is 5.95. The van der Waals surface area contributed by atoms with Crippen molar-refractivity contribution in [1.82, 2.24) is 15.1 Å². The molecule has 182 valence electrons. The van der Waals surface area contributed by atoms with Crippen LogP contribution < -0.4 is 14.8 Å². The Morgan fingerprint density at radius 2 is 1.88 bits per heavy atom. The van der Waals surface area contributed by atoms with E-state index in [-0.39, 0.29) is 24.0 Å². The van der Waals surface area contributed by atoms with Gasteiger partial charge in [-0.25, -0.2) is 0 Å². The second-order valence-corrected chi connectivity index (χ2v) is 7.95. The van der Waals surface area contributed by atoms with E-state index in [4.69, 9.17) is 18.9 Å². The lowest BCUT2D eigenvalue weighted by Crippen LogP contribution is -2.52. The van der Waals surface area contributed by atoms with Crippen molar-refractivity contribution in [1.29, 1.82) is 0 Å². The van der Waals surface area contributed by atoms with Gasteiger partial charge in [0.2, 0.25) is 0 Å². The van der Waals surface area contributed by atoms with Gasteiger partial charge in [0.1, 0.15) is 11.5 Å². The predicted molar refractivity (Wildman–Crippen MR) is 138 cm³/mol. The molecule has 32 heavy (non-hydrogen) atoms. The number of hydrogen-bond donors (Lipinski definition) is 1. The van der Waals surface area contributed by atoms with Crippen LogP contribution in [0.25, 0.3) is 0 Å². The monoisotopic (exact) mass is 562 g/mol. The maximum atomic E-state index is 5.95. The van der Waals surface area contributed by atoms with Crippen molar-refractivity contribution in [3.05, 3.63) is 23.8 Å². The van der Waals surface area contributed by atoms with Gasteiger partial charge in [0, 0.05) is 71.7 Å². The van der Waals surface area contributed by atoms with Crippen LogP contribution in [0.5, 0.6) is 11.5 Å². The molecule has 0 bridgehead atoms. The molecule has 0 amide bonds. The molecule has 3 rings (SSSR count). The highest BCUT2D eigenvalue weighted by molar-refractivity contribution is 14.0. The molecule has 0 unspecified atom stereocenters. The molecule has 2 heterocycles. The fraction of sp³-hybridized carbons (Fsp3) is 0.696. The fourth-order valence-corrected chi connectivity index (χ4v) is 4.06. The lowest BCUT2D eigenvalue weighted by atomic mass is 10.1. The molecule has 1 aromatic rings. The standard InChI is InChI=1S/C23H38N4O4.HI/c1-24-23(25-9-4-14-31-20-7-15-30-16-8-20)27-12-10-26(11-13-27)18-19-17-21(28-2)5-6-22(19)29-3;/h5-6,17,20H,4,7-16,18H2,1-3H3,(H,24,25);1H. The highest BCUT2D eigenvalue weighted by Crippen LogP contribution is 2.25. The third-order valence-electron chi connectivity index (χ3n) is 5.89. The smallest absolute Gasteiger partial charge is 0.193 e. The van der Waals surface area contributed by atoms with Crippen molar-refractivity contribution in [2.45, 2.75) is 31.9 Å². The van der Waals surface area contributed by atoms with E-state index < -0.39 is 0 Å². The number of guanidine groups is 1. The van der Waals surface area contributed by atoms with Crippen LogP contribution in [0.1, 0.15) is 24.8 Å². The maximum Gasteiger partial charge on any atom is 0.193 e. The first-order valence-electron chi connectivity index (χ1n) is 11.3.